The van der Waals surface area contributed by atoms with Crippen LogP contribution in [0.1, 0.15) is 45.4 Å². The van der Waals surface area contributed by atoms with Crippen molar-refractivity contribution in [3.63, 3.8) is 0 Å². The predicted molar refractivity (Wildman–Crippen MR) is 71.8 cm³/mol. The van der Waals surface area contributed by atoms with Crippen LogP contribution in [0.5, 0.6) is 0 Å². The van der Waals surface area contributed by atoms with Crippen molar-refractivity contribution in [3.8, 4) is 0 Å². The Morgan fingerprint density at radius 3 is 2.53 bits per heavy atom. The van der Waals surface area contributed by atoms with Crippen LogP contribution in [0.15, 0.2) is 0 Å². The first-order chi connectivity index (χ1) is 9.07. The molecule has 2 fully saturated rings. The van der Waals surface area contributed by atoms with E-state index in [-0.39, 0.29) is 5.91 Å². The highest BCUT2D eigenvalue weighted by atomic mass is 16.4. The molecule has 0 aliphatic carbocycles. The molecule has 2 heterocycles. The first kappa shape index (κ1) is 14.3. The fraction of sp³-hybridized carbons (Fsp3) is 0.857. The number of nitrogens with zero attached hydrogens (tertiary/aromatic N) is 1. The molecule has 0 aromatic heterocycles. The average Bonchev–Trinajstić information content (AvgIpc) is 2.91. The Balaban J connectivity index is 1.85. The second kappa shape index (κ2) is 5.90. The van der Waals surface area contributed by atoms with Crippen LogP contribution >= 0.6 is 0 Å². The molecule has 0 radical (unpaired) electrons. The molecule has 5 nitrogen and oxygen atoms in total. The van der Waals surface area contributed by atoms with Crippen LogP contribution in [0.2, 0.25) is 0 Å². The molecule has 1 atom stereocenters. The molecule has 1 amide bonds. The summed E-state index contributed by atoms with van der Waals surface area (Å²) in [5.41, 5.74) is -0.609. The van der Waals surface area contributed by atoms with Crippen molar-refractivity contribution in [2.75, 3.05) is 19.6 Å². The molecule has 2 aliphatic heterocycles. The Morgan fingerprint density at radius 1 is 1.37 bits per heavy atom. The van der Waals surface area contributed by atoms with Crippen molar-refractivity contribution in [1.82, 2.24) is 10.2 Å². The lowest BCUT2D eigenvalue weighted by Crippen LogP contribution is -2.47. The maximum Gasteiger partial charge on any atom is 0.309 e. The third kappa shape index (κ3) is 3.08. The van der Waals surface area contributed by atoms with E-state index in [1.165, 1.54) is 0 Å². The van der Waals surface area contributed by atoms with E-state index >= 15 is 0 Å². The van der Waals surface area contributed by atoms with Crippen LogP contribution in [0.4, 0.5) is 0 Å². The molecule has 5 heteroatoms. The minimum Gasteiger partial charge on any atom is -0.481 e. The van der Waals surface area contributed by atoms with Crippen LogP contribution in [0.3, 0.4) is 0 Å². The summed E-state index contributed by atoms with van der Waals surface area (Å²) >= 11 is 0. The SMILES string of the molecule is CCC1(C(=O)O)CCN(C(=O)CC2CCCN2)CC1. The van der Waals surface area contributed by atoms with Gasteiger partial charge in [0.2, 0.25) is 5.91 Å². The summed E-state index contributed by atoms with van der Waals surface area (Å²) in [4.78, 5) is 25.4. The number of likely N-dealkylation sites (tertiary alicyclic amines) is 1. The van der Waals surface area contributed by atoms with Crippen molar-refractivity contribution in [1.29, 1.82) is 0 Å². The van der Waals surface area contributed by atoms with E-state index in [1.54, 1.807) is 0 Å². The summed E-state index contributed by atoms with van der Waals surface area (Å²) in [5, 5.41) is 12.7. The highest BCUT2D eigenvalue weighted by Gasteiger charge is 2.40. The predicted octanol–water partition coefficient (Wildman–Crippen LogP) is 1.23. The van der Waals surface area contributed by atoms with Gasteiger partial charge >= 0.3 is 5.97 Å². The number of hydrogen-bond donors (Lipinski definition) is 2. The van der Waals surface area contributed by atoms with Gasteiger partial charge in [-0.3, -0.25) is 9.59 Å². The van der Waals surface area contributed by atoms with Gasteiger partial charge < -0.3 is 15.3 Å². The smallest absolute Gasteiger partial charge is 0.309 e. The highest BCUT2D eigenvalue weighted by molar-refractivity contribution is 5.78. The Labute approximate surface area is 114 Å². The van der Waals surface area contributed by atoms with Gasteiger partial charge in [-0.2, -0.15) is 0 Å². The second-order valence-electron chi connectivity index (χ2n) is 5.82. The molecule has 0 aromatic rings. The highest BCUT2D eigenvalue weighted by Crippen LogP contribution is 2.35. The summed E-state index contributed by atoms with van der Waals surface area (Å²) in [6.45, 7) is 4.11. The monoisotopic (exact) mass is 268 g/mol. The Morgan fingerprint density at radius 2 is 2.05 bits per heavy atom. The number of piperidine rings is 1. The molecule has 0 spiro atoms. The number of hydrogen-bond acceptors (Lipinski definition) is 3. The second-order valence-corrected chi connectivity index (χ2v) is 5.82. The quantitative estimate of drug-likeness (QED) is 0.804. The lowest BCUT2D eigenvalue weighted by Gasteiger charge is -2.38. The summed E-state index contributed by atoms with van der Waals surface area (Å²) in [5.74, 6) is -0.533. The van der Waals surface area contributed by atoms with Crippen molar-refractivity contribution in [3.05, 3.63) is 0 Å². The van der Waals surface area contributed by atoms with Crippen molar-refractivity contribution >= 4 is 11.9 Å². The lowest BCUT2D eigenvalue weighted by molar-refractivity contribution is -0.154. The molecule has 2 N–H and O–H groups in total. The van der Waals surface area contributed by atoms with E-state index in [9.17, 15) is 14.7 Å². The average molecular weight is 268 g/mol. The number of rotatable bonds is 4. The standard InChI is InChI=1S/C14H24N2O3/c1-2-14(13(18)19)5-8-16(9-6-14)12(17)10-11-4-3-7-15-11/h11,15H,2-10H2,1H3,(H,18,19). The van der Waals surface area contributed by atoms with Crippen LogP contribution in [0.25, 0.3) is 0 Å². The molecule has 0 bridgehead atoms. The minimum absolute atomic E-state index is 0.175. The lowest BCUT2D eigenvalue weighted by atomic mass is 9.76. The van der Waals surface area contributed by atoms with Crippen LogP contribution in [-0.2, 0) is 9.59 Å². The van der Waals surface area contributed by atoms with E-state index < -0.39 is 11.4 Å². The summed E-state index contributed by atoms with van der Waals surface area (Å²) in [6, 6.07) is 0.324. The van der Waals surface area contributed by atoms with Crippen LogP contribution in [-0.4, -0.2) is 47.6 Å². The number of carboxylic acids is 1. The third-order valence-corrected chi connectivity index (χ3v) is 4.79. The van der Waals surface area contributed by atoms with Crippen LogP contribution in [0, 0.1) is 5.41 Å². The molecule has 0 saturated carbocycles. The van der Waals surface area contributed by atoms with E-state index in [1.807, 2.05) is 11.8 Å². The number of amides is 1. The maximum absolute atomic E-state index is 12.2. The normalized spacial score (nSPS) is 26.4. The molecule has 2 saturated heterocycles. The van der Waals surface area contributed by atoms with Gasteiger partial charge in [0.25, 0.3) is 0 Å². The van der Waals surface area contributed by atoms with Crippen LogP contribution < -0.4 is 5.32 Å². The van der Waals surface area contributed by atoms with E-state index in [0.29, 0.717) is 44.8 Å². The first-order valence-electron chi connectivity index (χ1n) is 7.32. The summed E-state index contributed by atoms with van der Waals surface area (Å²) < 4.78 is 0. The number of nitrogens with one attached hydrogen (secondary N) is 1. The molecule has 2 aliphatic rings. The molecule has 108 valence electrons. The summed E-state index contributed by atoms with van der Waals surface area (Å²) in [6.07, 6.45) is 4.61. The van der Waals surface area contributed by atoms with Crippen molar-refractivity contribution in [2.45, 2.75) is 51.5 Å². The van der Waals surface area contributed by atoms with Gasteiger partial charge in [-0.05, 0) is 38.6 Å². The van der Waals surface area contributed by atoms with Gasteiger partial charge in [0.15, 0.2) is 0 Å². The Kier molecular flexibility index (Phi) is 4.45. The number of aliphatic carboxylic acids is 1. The molecule has 19 heavy (non-hydrogen) atoms. The largest absolute Gasteiger partial charge is 0.481 e. The van der Waals surface area contributed by atoms with E-state index in [0.717, 1.165) is 19.4 Å². The number of carbonyl (C=O) groups is 2. The van der Waals surface area contributed by atoms with Gasteiger partial charge in [-0.25, -0.2) is 0 Å². The molecular weight excluding hydrogens is 244 g/mol. The fourth-order valence-electron chi connectivity index (χ4n) is 3.17. The zero-order valence-electron chi connectivity index (χ0n) is 11.7. The third-order valence-electron chi connectivity index (χ3n) is 4.79. The van der Waals surface area contributed by atoms with Crippen molar-refractivity contribution < 1.29 is 14.7 Å². The van der Waals surface area contributed by atoms with E-state index in [4.69, 9.17) is 0 Å². The number of carbonyl (C=O) groups excluding carboxylic acids is 1. The zero-order chi connectivity index (χ0) is 13.9. The van der Waals surface area contributed by atoms with Gasteiger partial charge in [0.1, 0.15) is 0 Å². The zero-order valence-corrected chi connectivity index (χ0v) is 11.7. The fourth-order valence-corrected chi connectivity index (χ4v) is 3.17. The van der Waals surface area contributed by atoms with Crippen molar-refractivity contribution in [2.24, 2.45) is 5.41 Å². The van der Waals surface area contributed by atoms with Gasteiger partial charge in [0, 0.05) is 25.6 Å². The summed E-state index contributed by atoms with van der Waals surface area (Å²) in [7, 11) is 0. The van der Waals surface area contributed by atoms with Gasteiger partial charge in [-0.15, -0.1) is 0 Å². The Hall–Kier alpha value is -1.10. The first-order valence-corrected chi connectivity index (χ1v) is 7.32. The Bertz CT molecular complexity index is 343. The van der Waals surface area contributed by atoms with Gasteiger partial charge in [-0.1, -0.05) is 6.92 Å². The minimum atomic E-state index is -0.709. The molecule has 0 aromatic carbocycles. The molecule has 2 rings (SSSR count). The topological polar surface area (TPSA) is 69.6 Å². The van der Waals surface area contributed by atoms with E-state index in [2.05, 4.69) is 5.32 Å². The number of carboxylic acid groups (broad SMARTS) is 1. The van der Waals surface area contributed by atoms with Gasteiger partial charge in [0.05, 0.1) is 5.41 Å². The maximum atomic E-state index is 12.2. The molecule has 1 unspecified atom stereocenters. The molecular formula is C14H24N2O3.